The Labute approximate surface area is 230 Å². The normalized spacial score (nSPS) is 20.3. The van der Waals surface area contributed by atoms with Crippen LogP contribution in [0.15, 0.2) is 60.7 Å². The largest absolute Gasteiger partial charge is 0.493 e. The average Bonchev–Trinajstić information content (AvgIpc) is 3.44. The highest BCUT2D eigenvalue weighted by Gasteiger charge is 2.76. The summed E-state index contributed by atoms with van der Waals surface area (Å²) in [5.74, 6) is -1.40. The monoisotopic (exact) mass is 548 g/mol. The molecule has 2 aliphatic rings. The Balaban J connectivity index is 1.59. The molecule has 1 saturated carbocycles. The fraction of sp³-hybridized carbons (Fsp3) is 0.300. The number of esters is 2. The summed E-state index contributed by atoms with van der Waals surface area (Å²) in [6.07, 6.45) is 0. The van der Waals surface area contributed by atoms with Gasteiger partial charge in [0, 0.05) is 17.4 Å². The van der Waals surface area contributed by atoms with Gasteiger partial charge in [-0.3, -0.25) is 9.59 Å². The lowest BCUT2D eigenvalue weighted by atomic mass is 9.88. The van der Waals surface area contributed by atoms with E-state index in [2.05, 4.69) is 0 Å². The molecular formula is C30H28O10. The molecule has 3 atom stereocenters. The summed E-state index contributed by atoms with van der Waals surface area (Å²) >= 11 is 0. The van der Waals surface area contributed by atoms with Gasteiger partial charge in [-0.2, -0.15) is 0 Å². The van der Waals surface area contributed by atoms with Gasteiger partial charge >= 0.3 is 11.9 Å². The highest BCUT2D eigenvalue weighted by Crippen LogP contribution is 2.68. The number of benzene rings is 3. The predicted octanol–water partition coefficient (Wildman–Crippen LogP) is 4.05. The highest BCUT2D eigenvalue weighted by atomic mass is 16.7. The fourth-order valence-corrected chi connectivity index (χ4v) is 5.41. The van der Waals surface area contributed by atoms with E-state index in [0.717, 1.165) is 0 Å². The first-order valence-corrected chi connectivity index (χ1v) is 12.5. The summed E-state index contributed by atoms with van der Waals surface area (Å²) in [5, 5.41) is 0. The van der Waals surface area contributed by atoms with E-state index in [9.17, 15) is 14.4 Å². The SMILES string of the molecule is COC(=O)[C@@]1(C(=O)c2ccc3c(c2)OCO3)[C@@H](COC(=O)c2ccccc2)[C@@H]1c1cc(OC)c(OC)c(OC)c1. The van der Waals surface area contributed by atoms with Crippen molar-refractivity contribution in [3.63, 3.8) is 0 Å². The average molecular weight is 549 g/mol. The first-order valence-electron chi connectivity index (χ1n) is 12.5. The quantitative estimate of drug-likeness (QED) is 0.209. The van der Waals surface area contributed by atoms with Crippen molar-refractivity contribution >= 4 is 17.7 Å². The molecule has 208 valence electrons. The van der Waals surface area contributed by atoms with Crippen LogP contribution < -0.4 is 23.7 Å². The van der Waals surface area contributed by atoms with Crippen LogP contribution in [0.1, 0.15) is 32.2 Å². The standard InChI is InChI=1S/C30H28O10/c1-34-23-13-19(14-24(35-2)26(23)36-3)25-20(15-38-28(32)17-8-6-5-7-9-17)30(25,29(33)37-4)27(31)18-10-11-21-22(12-18)40-16-39-21/h5-14,20,25H,15-16H2,1-4H3/t20-,25-,30-/m0/s1. The van der Waals surface area contributed by atoms with Gasteiger partial charge in [-0.1, -0.05) is 18.2 Å². The van der Waals surface area contributed by atoms with Crippen molar-refractivity contribution in [3.8, 4) is 28.7 Å². The molecule has 3 aromatic carbocycles. The molecule has 0 N–H and O–H groups in total. The lowest BCUT2D eigenvalue weighted by Crippen LogP contribution is -2.32. The minimum Gasteiger partial charge on any atom is -0.493 e. The fourth-order valence-electron chi connectivity index (χ4n) is 5.41. The van der Waals surface area contributed by atoms with Gasteiger partial charge < -0.3 is 33.2 Å². The molecule has 0 spiro atoms. The van der Waals surface area contributed by atoms with Gasteiger partial charge in [0.1, 0.15) is 5.41 Å². The Morgan fingerprint density at radius 2 is 1.50 bits per heavy atom. The molecule has 0 unspecified atom stereocenters. The molecule has 1 heterocycles. The van der Waals surface area contributed by atoms with Crippen molar-refractivity contribution in [3.05, 3.63) is 77.4 Å². The number of rotatable bonds is 10. The minimum atomic E-state index is -1.70. The molecule has 5 rings (SSSR count). The van der Waals surface area contributed by atoms with E-state index in [0.29, 0.717) is 39.9 Å². The second kappa shape index (κ2) is 10.8. The second-order valence-electron chi connectivity index (χ2n) is 9.27. The van der Waals surface area contributed by atoms with Crippen molar-refractivity contribution in [2.75, 3.05) is 41.8 Å². The molecule has 0 saturated heterocycles. The van der Waals surface area contributed by atoms with E-state index >= 15 is 0 Å². The van der Waals surface area contributed by atoms with Crippen LogP contribution in [-0.2, 0) is 14.3 Å². The zero-order valence-corrected chi connectivity index (χ0v) is 22.4. The Bertz CT molecular complexity index is 1430. The number of hydrogen-bond donors (Lipinski definition) is 0. The summed E-state index contributed by atoms with van der Waals surface area (Å²) in [7, 11) is 5.64. The number of ether oxygens (including phenoxy) is 7. The van der Waals surface area contributed by atoms with E-state index < -0.39 is 35.0 Å². The van der Waals surface area contributed by atoms with Crippen LogP contribution in [0.3, 0.4) is 0 Å². The van der Waals surface area contributed by atoms with Crippen molar-refractivity contribution in [1.82, 2.24) is 0 Å². The summed E-state index contributed by atoms with van der Waals surface area (Å²) in [6.45, 7) is -0.193. The molecule has 1 fully saturated rings. The number of Topliss-reactive ketones (excluding diaryl/α,β-unsaturated/α-hetero) is 1. The molecule has 3 aromatic rings. The van der Waals surface area contributed by atoms with Crippen LogP contribution in [0.4, 0.5) is 0 Å². The van der Waals surface area contributed by atoms with Crippen molar-refractivity contribution in [2.45, 2.75) is 5.92 Å². The maximum absolute atomic E-state index is 14.2. The Morgan fingerprint density at radius 3 is 2.12 bits per heavy atom. The molecule has 10 heteroatoms. The topological polar surface area (TPSA) is 116 Å². The summed E-state index contributed by atoms with van der Waals surface area (Å²) in [6, 6.07) is 16.5. The number of ketones is 1. The molecule has 1 aliphatic carbocycles. The van der Waals surface area contributed by atoms with Gasteiger partial charge in [-0.25, -0.2) is 4.79 Å². The van der Waals surface area contributed by atoms with Crippen LogP contribution in [0.2, 0.25) is 0 Å². The Morgan fingerprint density at radius 1 is 0.825 bits per heavy atom. The van der Waals surface area contributed by atoms with Crippen LogP contribution in [0, 0.1) is 11.3 Å². The highest BCUT2D eigenvalue weighted by molar-refractivity contribution is 6.17. The van der Waals surface area contributed by atoms with Gasteiger partial charge in [-0.15, -0.1) is 0 Å². The first-order chi connectivity index (χ1) is 19.4. The molecule has 0 radical (unpaired) electrons. The Kier molecular flexibility index (Phi) is 7.25. The van der Waals surface area contributed by atoms with Crippen LogP contribution >= 0.6 is 0 Å². The summed E-state index contributed by atoms with van der Waals surface area (Å²) in [5.41, 5.74) is -0.582. The number of fused-ring (bicyclic) bond motifs is 1. The third-order valence-corrected chi connectivity index (χ3v) is 7.35. The third kappa shape index (κ3) is 4.35. The molecular weight excluding hydrogens is 520 g/mol. The van der Waals surface area contributed by atoms with E-state index in [4.69, 9.17) is 33.2 Å². The van der Waals surface area contributed by atoms with Gasteiger partial charge in [0.2, 0.25) is 12.5 Å². The number of carbonyl (C=O) groups is 3. The predicted molar refractivity (Wildman–Crippen MR) is 140 cm³/mol. The summed E-state index contributed by atoms with van der Waals surface area (Å²) in [4.78, 5) is 40.6. The maximum atomic E-state index is 14.2. The van der Waals surface area contributed by atoms with Crippen molar-refractivity contribution < 1.29 is 47.5 Å². The van der Waals surface area contributed by atoms with Crippen molar-refractivity contribution in [1.29, 1.82) is 0 Å². The van der Waals surface area contributed by atoms with Crippen LogP contribution in [0.25, 0.3) is 0 Å². The minimum absolute atomic E-state index is 0.0290. The van der Waals surface area contributed by atoms with E-state index in [-0.39, 0.29) is 19.0 Å². The van der Waals surface area contributed by atoms with Crippen LogP contribution in [-0.4, -0.2) is 59.6 Å². The van der Waals surface area contributed by atoms with Gasteiger partial charge in [0.15, 0.2) is 28.8 Å². The molecule has 0 bridgehead atoms. The first kappa shape index (κ1) is 26.9. The van der Waals surface area contributed by atoms with Gasteiger partial charge in [-0.05, 0) is 48.0 Å². The summed E-state index contributed by atoms with van der Waals surface area (Å²) < 4.78 is 38.1. The maximum Gasteiger partial charge on any atom is 0.338 e. The van der Waals surface area contributed by atoms with Gasteiger partial charge in [0.05, 0.1) is 40.6 Å². The second-order valence-corrected chi connectivity index (χ2v) is 9.27. The molecule has 0 aromatic heterocycles. The van der Waals surface area contributed by atoms with E-state index in [1.165, 1.54) is 34.5 Å². The van der Waals surface area contributed by atoms with E-state index in [1.807, 2.05) is 0 Å². The molecule has 1 aliphatic heterocycles. The van der Waals surface area contributed by atoms with Crippen molar-refractivity contribution in [2.24, 2.45) is 11.3 Å². The molecule has 40 heavy (non-hydrogen) atoms. The zero-order valence-electron chi connectivity index (χ0n) is 22.4. The number of carbonyl (C=O) groups excluding carboxylic acids is 3. The van der Waals surface area contributed by atoms with Gasteiger partial charge in [0.25, 0.3) is 0 Å². The lowest BCUT2D eigenvalue weighted by molar-refractivity contribution is -0.146. The third-order valence-electron chi connectivity index (χ3n) is 7.35. The van der Waals surface area contributed by atoms with Crippen LogP contribution in [0.5, 0.6) is 28.7 Å². The molecule has 10 nitrogen and oxygen atoms in total. The Hall–Kier alpha value is -4.73. The number of hydrogen-bond acceptors (Lipinski definition) is 10. The molecule has 0 amide bonds. The van der Waals surface area contributed by atoms with E-state index in [1.54, 1.807) is 54.6 Å². The number of methoxy groups -OCH3 is 4. The lowest BCUT2D eigenvalue weighted by Gasteiger charge is -2.17. The smallest absolute Gasteiger partial charge is 0.338 e. The zero-order chi connectivity index (χ0) is 28.4.